The number of ketones is 3. The van der Waals surface area contributed by atoms with Crippen LogP contribution in [0.4, 0.5) is 0 Å². The molecule has 0 spiro atoms. The predicted molar refractivity (Wildman–Crippen MR) is 207 cm³/mol. The SMILES string of the molecule is COC(=O)c1c(C)cc2c(c1O)[C@]1(O)C(=O)c3cc4c(c(O)c3C(=O)[C@]1(OC)C(O)C2)C(=O)C=C(N[C@H]1C[C@@H](C)[C@H](OC)[C@@H](O)[C@H]1OC)C4(O)Cc1coc(CC(C)O)c1. The molecule has 10 atom stereocenters. The maximum atomic E-state index is 15.2. The number of carbonyl (C=O) groups is 4. The number of phenolic OH excluding ortho intramolecular Hbond substituents is 2. The van der Waals surface area contributed by atoms with Crippen LogP contribution in [0.15, 0.2) is 40.7 Å². The molecule has 0 saturated heterocycles. The van der Waals surface area contributed by atoms with E-state index < -0.39 is 129 Å². The van der Waals surface area contributed by atoms with Crippen molar-refractivity contribution < 1.29 is 78.3 Å². The average Bonchev–Trinajstić information content (AvgIpc) is 3.61. The first-order valence-corrected chi connectivity index (χ1v) is 19.4. The van der Waals surface area contributed by atoms with Gasteiger partial charge in [0.2, 0.25) is 11.6 Å². The average molecular weight is 836 g/mol. The van der Waals surface area contributed by atoms with Gasteiger partial charge in [-0.05, 0) is 55.0 Å². The minimum atomic E-state index is -3.27. The van der Waals surface area contributed by atoms with E-state index >= 15 is 4.79 Å². The summed E-state index contributed by atoms with van der Waals surface area (Å²) in [6.45, 7) is 4.86. The van der Waals surface area contributed by atoms with Gasteiger partial charge in [-0.1, -0.05) is 13.0 Å². The third kappa shape index (κ3) is 5.97. The lowest BCUT2D eigenvalue weighted by molar-refractivity contribution is -0.181. The Morgan fingerprint density at radius 2 is 1.67 bits per heavy atom. The molecule has 7 rings (SSSR count). The topological polar surface area (TPSA) is 272 Å². The molecule has 1 saturated carbocycles. The number of rotatable bonds is 10. The summed E-state index contributed by atoms with van der Waals surface area (Å²) in [6.07, 6.45) is -3.53. The summed E-state index contributed by atoms with van der Waals surface area (Å²) in [4.78, 5) is 57.2. The number of hydrogen-bond donors (Lipinski definition) is 8. The molecule has 8 N–H and O–H groups in total. The van der Waals surface area contributed by atoms with Crippen molar-refractivity contribution >= 4 is 23.3 Å². The zero-order chi connectivity index (χ0) is 44.0. The highest BCUT2D eigenvalue weighted by atomic mass is 16.5. The van der Waals surface area contributed by atoms with Gasteiger partial charge >= 0.3 is 5.97 Å². The fraction of sp³-hybridized carbons (Fsp3) is 0.488. The quantitative estimate of drug-likeness (QED) is 0.133. The Hall–Kier alpha value is -4.98. The molecule has 0 aliphatic heterocycles. The number of hydrogen-bond acceptors (Lipinski definition) is 17. The summed E-state index contributed by atoms with van der Waals surface area (Å²) in [6, 6.07) is 3.16. The molecule has 1 fully saturated rings. The highest BCUT2D eigenvalue weighted by Gasteiger charge is 2.73. The van der Waals surface area contributed by atoms with E-state index in [0.717, 1.165) is 26.4 Å². The lowest BCUT2D eigenvalue weighted by Crippen LogP contribution is -2.73. The Balaban J connectivity index is 1.46. The van der Waals surface area contributed by atoms with Crippen LogP contribution in [-0.2, 0) is 49.4 Å². The number of fused-ring (bicyclic) bond motifs is 5. The maximum absolute atomic E-state index is 15.2. The van der Waals surface area contributed by atoms with Crippen molar-refractivity contribution in [3.63, 3.8) is 0 Å². The minimum Gasteiger partial charge on any atom is -0.507 e. The Labute approximate surface area is 344 Å². The van der Waals surface area contributed by atoms with Crippen molar-refractivity contribution in [2.24, 2.45) is 5.92 Å². The van der Waals surface area contributed by atoms with Crippen LogP contribution in [0.1, 0.15) is 95.3 Å². The number of allylic oxidation sites excluding steroid dienone is 1. The summed E-state index contributed by atoms with van der Waals surface area (Å²) in [5.41, 5.74) is -11.7. The van der Waals surface area contributed by atoms with Gasteiger partial charge in [0.05, 0.1) is 54.6 Å². The van der Waals surface area contributed by atoms with Crippen molar-refractivity contribution in [1.82, 2.24) is 5.32 Å². The van der Waals surface area contributed by atoms with Gasteiger partial charge in [-0.25, -0.2) is 4.79 Å². The van der Waals surface area contributed by atoms with Gasteiger partial charge in [-0.2, -0.15) is 0 Å². The number of nitrogens with one attached hydrogen (secondary N) is 1. The Morgan fingerprint density at radius 1 is 0.983 bits per heavy atom. The fourth-order valence-electron chi connectivity index (χ4n) is 10.1. The standard InChI is InChI=1S/C43H49NO16/c1-17-8-21-12-28(47)43(59-7)39(52)30-23(38(51)42(43,55)32(21)34(49)29(17)40(53)58-6)13-24-31(33(30)48)26(46)14-27(41(24,54)15-20-11-22(60-16-20)10-19(3)45)44-25-9-18(2)36(56-4)35(50)37(25)57-5/h8,11,13-14,16,18-19,25,28,35-37,44-45,47-50,54-55H,9-10,12,15H2,1-7H3/t18-,19?,25+,28?,35-,36+,37+,41?,42+,43-/m1/s1. The van der Waals surface area contributed by atoms with E-state index in [-0.39, 0.29) is 34.7 Å². The van der Waals surface area contributed by atoms with Gasteiger partial charge in [0.1, 0.15) is 40.6 Å². The second kappa shape index (κ2) is 15.2. The molecule has 0 amide bonds. The lowest BCUT2D eigenvalue weighted by Gasteiger charge is -2.53. The van der Waals surface area contributed by atoms with E-state index in [1.54, 1.807) is 13.0 Å². The number of phenols is 2. The zero-order valence-corrected chi connectivity index (χ0v) is 34.1. The minimum absolute atomic E-state index is 0.00604. The summed E-state index contributed by atoms with van der Waals surface area (Å²) in [5, 5.41) is 85.8. The van der Waals surface area contributed by atoms with Gasteiger partial charge in [0.25, 0.3) is 0 Å². The predicted octanol–water partition coefficient (Wildman–Crippen LogP) is 1.18. The summed E-state index contributed by atoms with van der Waals surface area (Å²) < 4.78 is 27.3. The summed E-state index contributed by atoms with van der Waals surface area (Å²) in [5.74, 6) is -6.53. The molecular weight excluding hydrogens is 786 g/mol. The van der Waals surface area contributed by atoms with Crippen molar-refractivity contribution in [1.29, 1.82) is 0 Å². The van der Waals surface area contributed by atoms with Crippen LogP contribution in [-0.4, -0.2) is 130 Å². The third-order valence-electron chi connectivity index (χ3n) is 12.7. The van der Waals surface area contributed by atoms with Gasteiger partial charge < -0.3 is 64.4 Å². The van der Waals surface area contributed by atoms with Crippen molar-refractivity contribution in [2.45, 2.75) is 99.8 Å². The Kier molecular flexibility index (Phi) is 10.9. The number of aromatic hydroxyl groups is 2. The van der Waals surface area contributed by atoms with E-state index in [2.05, 4.69) is 5.32 Å². The van der Waals surface area contributed by atoms with Crippen LogP contribution in [0.25, 0.3) is 0 Å². The number of Topliss-reactive ketones (excluding diaryl/α,β-unsaturated/α-hetero) is 2. The molecule has 60 heavy (non-hydrogen) atoms. The second-order valence-electron chi connectivity index (χ2n) is 16.3. The molecule has 3 unspecified atom stereocenters. The smallest absolute Gasteiger partial charge is 0.341 e. The van der Waals surface area contributed by atoms with Crippen LogP contribution in [0.5, 0.6) is 11.5 Å². The second-order valence-corrected chi connectivity index (χ2v) is 16.3. The molecule has 2 aromatic carbocycles. The first-order valence-electron chi connectivity index (χ1n) is 19.4. The van der Waals surface area contributed by atoms with Crippen molar-refractivity contribution in [3.05, 3.63) is 92.1 Å². The molecule has 17 heteroatoms. The maximum Gasteiger partial charge on any atom is 0.341 e. The number of aryl methyl sites for hydroxylation is 1. The monoisotopic (exact) mass is 835 g/mol. The van der Waals surface area contributed by atoms with E-state index in [1.807, 2.05) is 6.92 Å². The van der Waals surface area contributed by atoms with Gasteiger partial charge in [0.15, 0.2) is 17.0 Å². The van der Waals surface area contributed by atoms with Crippen molar-refractivity contribution in [2.75, 3.05) is 28.4 Å². The molecule has 1 heterocycles. The fourth-order valence-corrected chi connectivity index (χ4v) is 10.1. The Bertz CT molecular complexity index is 2330. The summed E-state index contributed by atoms with van der Waals surface area (Å²) >= 11 is 0. The molecule has 0 bridgehead atoms. The van der Waals surface area contributed by atoms with E-state index in [1.165, 1.54) is 33.5 Å². The zero-order valence-electron chi connectivity index (χ0n) is 34.1. The highest BCUT2D eigenvalue weighted by molar-refractivity contribution is 6.26. The van der Waals surface area contributed by atoms with Crippen LogP contribution in [0, 0.1) is 12.8 Å². The van der Waals surface area contributed by atoms with Gasteiger partial charge in [-0.15, -0.1) is 0 Å². The molecule has 3 aromatic rings. The van der Waals surface area contributed by atoms with E-state index in [0.29, 0.717) is 17.7 Å². The first-order chi connectivity index (χ1) is 28.3. The van der Waals surface area contributed by atoms with Crippen LogP contribution < -0.4 is 5.32 Å². The first kappa shape index (κ1) is 43.1. The molecule has 322 valence electrons. The van der Waals surface area contributed by atoms with Gasteiger partial charge in [-0.3, -0.25) is 14.4 Å². The Morgan fingerprint density at radius 3 is 2.28 bits per heavy atom. The number of furan rings is 1. The molecule has 17 nitrogen and oxygen atoms in total. The van der Waals surface area contributed by atoms with Gasteiger partial charge in [0, 0.05) is 63.4 Å². The van der Waals surface area contributed by atoms with E-state index in [4.69, 9.17) is 23.4 Å². The highest BCUT2D eigenvalue weighted by Crippen LogP contribution is 2.57. The molecule has 4 aliphatic rings. The number of benzene rings is 2. The van der Waals surface area contributed by atoms with Crippen LogP contribution >= 0.6 is 0 Å². The lowest BCUT2D eigenvalue weighted by atomic mass is 9.56. The number of carbonyl (C=O) groups excluding carboxylic acids is 4. The van der Waals surface area contributed by atoms with Crippen molar-refractivity contribution in [3.8, 4) is 11.5 Å². The van der Waals surface area contributed by atoms with Crippen LogP contribution in [0.2, 0.25) is 0 Å². The number of esters is 1. The van der Waals surface area contributed by atoms with Crippen LogP contribution in [0.3, 0.4) is 0 Å². The molecular formula is C43H49NO16. The normalized spacial score (nSPS) is 31.4. The largest absolute Gasteiger partial charge is 0.507 e. The number of aliphatic hydroxyl groups excluding tert-OH is 3. The molecule has 0 radical (unpaired) electrons. The molecule has 4 aliphatic carbocycles. The third-order valence-corrected chi connectivity index (χ3v) is 12.7. The number of ether oxygens (including phenoxy) is 4. The summed E-state index contributed by atoms with van der Waals surface area (Å²) in [7, 11) is 4.83. The van der Waals surface area contributed by atoms with E-state index in [9.17, 15) is 50.1 Å². The number of methoxy groups -OCH3 is 4. The molecule has 1 aromatic heterocycles. The number of aliphatic hydroxyl groups is 5.